The van der Waals surface area contributed by atoms with Crippen molar-refractivity contribution >= 4 is 33.2 Å². The molecular weight excluding hydrogens is 352 g/mol. The van der Waals surface area contributed by atoms with Crippen molar-refractivity contribution in [2.24, 2.45) is 0 Å². The van der Waals surface area contributed by atoms with Crippen LogP contribution >= 0.6 is 11.3 Å². The molecule has 0 atom stereocenters. The Morgan fingerprint density at radius 3 is 2.96 bits per heavy atom. The number of aryl methyl sites for hydroxylation is 1. The first-order valence-corrected chi connectivity index (χ1v) is 8.95. The predicted octanol–water partition coefficient (Wildman–Crippen LogP) is 3.70. The molecule has 0 spiro atoms. The molecule has 132 valence electrons. The Bertz CT molecular complexity index is 1050. The second-order valence-corrected chi connectivity index (χ2v) is 6.53. The van der Waals surface area contributed by atoms with Crippen molar-refractivity contribution in [1.82, 2.24) is 0 Å². The van der Waals surface area contributed by atoms with Gasteiger partial charge >= 0.3 is 5.63 Å². The highest BCUT2D eigenvalue weighted by molar-refractivity contribution is 7.14. The molecule has 1 amide bonds. The average molecular weight is 368 g/mol. The monoisotopic (exact) mass is 368 g/mol. The fourth-order valence-corrected chi connectivity index (χ4v) is 3.34. The molecule has 1 N–H and O–H groups in total. The Kier molecular flexibility index (Phi) is 5.34. The Labute approximate surface area is 153 Å². The van der Waals surface area contributed by atoms with Crippen molar-refractivity contribution in [3.8, 4) is 11.8 Å². The number of nitrogens with zero attached hydrogens (tertiary/aromatic N) is 1. The third-order valence-corrected chi connectivity index (χ3v) is 4.56. The number of hydrogen-bond donors (Lipinski definition) is 1. The van der Waals surface area contributed by atoms with Gasteiger partial charge in [-0.3, -0.25) is 4.79 Å². The minimum Gasteiger partial charge on any atom is -0.484 e. The summed E-state index contributed by atoms with van der Waals surface area (Å²) in [5.41, 5.74) is 1.38. The Morgan fingerprint density at radius 2 is 2.19 bits per heavy atom. The van der Waals surface area contributed by atoms with Gasteiger partial charge in [-0.25, -0.2) is 4.79 Å². The van der Waals surface area contributed by atoms with Crippen LogP contribution < -0.4 is 15.7 Å². The van der Waals surface area contributed by atoms with Crippen LogP contribution in [0.1, 0.15) is 24.5 Å². The Balaban J connectivity index is 1.72. The molecule has 0 aliphatic heterocycles. The Hall–Kier alpha value is -3.11. The molecule has 26 heavy (non-hydrogen) atoms. The number of thiophene rings is 1. The van der Waals surface area contributed by atoms with E-state index in [4.69, 9.17) is 14.4 Å². The standard InChI is InChI=1S/C19H16N2O4S/c1-2-3-12-8-18(23)25-16-9-14(4-5-15(12)16)24-11-17(22)21-19-13(10-20)6-7-26-19/h4-9H,2-3,11H2,1H3,(H,21,22). The first kappa shape index (κ1) is 17.7. The summed E-state index contributed by atoms with van der Waals surface area (Å²) in [6, 6.07) is 10.3. The molecule has 2 heterocycles. The Morgan fingerprint density at radius 1 is 1.35 bits per heavy atom. The molecular formula is C19H16N2O4S. The summed E-state index contributed by atoms with van der Waals surface area (Å²) >= 11 is 1.27. The number of benzene rings is 1. The van der Waals surface area contributed by atoms with Gasteiger partial charge in [0.05, 0.1) is 5.56 Å². The van der Waals surface area contributed by atoms with E-state index >= 15 is 0 Å². The van der Waals surface area contributed by atoms with Crippen LogP contribution in [0.2, 0.25) is 0 Å². The van der Waals surface area contributed by atoms with Crippen molar-refractivity contribution in [2.45, 2.75) is 19.8 Å². The molecule has 0 saturated heterocycles. The van der Waals surface area contributed by atoms with Gasteiger partial charge in [0.25, 0.3) is 5.91 Å². The van der Waals surface area contributed by atoms with E-state index in [0.717, 1.165) is 23.8 Å². The maximum Gasteiger partial charge on any atom is 0.336 e. The number of nitriles is 1. The van der Waals surface area contributed by atoms with Crippen molar-refractivity contribution < 1.29 is 13.9 Å². The number of nitrogens with one attached hydrogen (secondary N) is 1. The zero-order chi connectivity index (χ0) is 18.5. The maximum atomic E-state index is 12.0. The molecule has 0 radical (unpaired) electrons. The van der Waals surface area contributed by atoms with Gasteiger partial charge in [0.2, 0.25) is 0 Å². The van der Waals surface area contributed by atoms with E-state index in [9.17, 15) is 9.59 Å². The van der Waals surface area contributed by atoms with Crippen LogP contribution in [-0.2, 0) is 11.2 Å². The quantitative estimate of drug-likeness (QED) is 0.670. The lowest BCUT2D eigenvalue weighted by atomic mass is 10.1. The number of carbonyl (C=O) groups excluding carboxylic acids is 1. The lowest BCUT2D eigenvalue weighted by molar-refractivity contribution is -0.118. The largest absolute Gasteiger partial charge is 0.484 e. The van der Waals surface area contributed by atoms with E-state index in [-0.39, 0.29) is 12.5 Å². The number of fused-ring (bicyclic) bond motifs is 1. The van der Waals surface area contributed by atoms with Crippen molar-refractivity contribution in [3.05, 3.63) is 57.3 Å². The lowest BCUT2D eigenvalue weighted by Crippen LogP contribution is -2.20. The minimum absolute atomic E-state index is 0.215. The molecule has 0 fully saturated rings. The number of amides is 1. The zero-order valence-electron chi connectivity index (χ0n) is 14.1. The second kappa shape index (κ2) is 7.85. The summed E-state index contributed by atoms with van der Waals surface area (Å²) in [6.07, 6.45) is 1.71. The number of ether oxygens (including phenoxy) is 1. The normalized spacial score (nSPS) is 10.5. The molecule has 0 bridgehead atoms. The summed E-state index contributed by atoms with van der Waals surface area (Å²) in [5, 5.41) is 14.7. The van der Waals surface area contributed by atoms with Crippen molar-refractivity contribution in [3.63, 3.8) is 0 Å². The third kappa shape index (κ3) is 3.92. The minimum atomic E-state index is -0.405. The topological polar surface area (TPSA) is 92.3 Å². The van der Waals surface area contributed by atoms with Crippen LogP contribution in [0.4, 0.5) is 5.00 Å². The van der Waals surface area contributed by atoms with Crippen LogP contribution in [0.5, 0.6) is 5.75 Å². The first-order valence-electron chi connectivity index (χ1n) is 8.07. The van der Waals surface area contributed by atoms with Gasteiger partial charge in [-0.1, -0.05) is 13.3 Å². The van der Waals surface area contributed by atoms with E-state index < -0.39 is 5.63 Å². The molecule has 3 rings (SSSR count). The summed E-state index contributed by atoms with van der Waals surface area (Å²) in [6.45, 7) is 1.83. The van der Waals surface area contributed by atoms with E-state index in [1.807, 2.05) is 19.1 Å². The summed E-state index contributed by atoms with van der Waals surface area (Å²) in [5.74, 6) is 0.0568. The molecule has 6 nitrogen and oxygen atoms in total. The summed E-state index contributed by atoms with van der Waals surface area (Å²) in [4.78, 5) is 23.7. The SMILES string of the molecule is CCCc1cc(=O)oc2cc(OCC(=O)Nc3sccc3C#N)ccc12. The molecule has 1 aromatic carbocycles. The highest BCUT2D eigenvalue weighted by Gasteiger charge is 2.10. The van der Waals surface area contributed by atoms with Gasteiger partial charge in [-0.2, -0.15) is 5.26 Å². The van der Waals surface area contributed by atoms with E-state index in [0.29, 0.717) is 21.9 Å². The van der Waals surface area contributed by atoms with Crippen LogP contribution in [0, 0.1) is 11.3 Å². The first-order chi connectivity index (χ1) is 12.6. The molecule has 0 aliphatic rings. The van der Waals surface area contributed by atoms with Crippen LogP contribution in [0.3, 0.4) is 0 Å². The molecule has 2 aromatic heterocycles. The highest BCUT2D eigenvalue weighted by Crippen LogP contribution is 2.24. The summed E-state index contributed by atoms with van der Waals surface area (Å²) < 4.78 is 10.7. The molecule has 0 unspecified atom stereocenters. The third-order valence-electron chi connectivity index (χ3n) is 3.73. The van der Waals surface area contributed by atoms with Gasteiger partial charge in [0, 0.05) is 17.5 Å². The smallest absolute Gasteiger partial charge is 0.336 e. The van der Waals surface area contributed by atoms with E-state index in [1.165, 1.54) is 17.4 Å². The molecule has 0 saturated carbocycles. The van der Waals surface area contributed by atoms with Gasteiger partial charge in [0.1, 0.15) is 22.4 Å². The van der Waals surface area contributed by atoms with E-state index in [2.05, 4.69) is 5.32 Å². The maximum absolute atomic E-state index is 12.0. The van der Waals surface area contributed by atoms with Gasteiger partial charge in [-0.15, -0.1) is 11.3 Å². The average Bonchev–Trinajstić information content (AvgIpc) is 3.07. The van der Waals surface area contributed by atoms with Crippen LogP contribution in [0.25, 0.3) is 11.0 Å². The van der Waals surface area contributed by atoms with Crippen LogP contribution in [0.15, 0.2) is 44.9 Å². The van der Waals surface area contributed by atoms with Gasteiger partial charge < -0.3 is 14.5 Å². The van der Waals surface area contributed by atoms with Gasteiger partial charge in [-0.05, 0) is 35.6 Å². The number of carbonyl (C=O) groups is 1. The van der Waals surface area contributed by atoms with Gasteiger partial charge in [0.15, 0.2) is 6.61 Å². The number of anilines is 1. The fourth-order valence-electron chi connectivity index (χ4n) is 2.58. The molecule has 0 aliphatic carbocycles. The summed E-state index contributed by atoms with van der Waals surface area (Å²) in [7, 11) is 0. The molecule has 7 heteroatoms. The number of rotatable bonds is 6. The fraction of sp³-hybridized carbons (Fsp3) is 0.211. The van der Waals surface area contributed by atoms with Crippen molar-refractivity contribution in [2.75, 3.05) is 11.9 Å². The van der Waals surface area contributed by atoms with Crippen LogP contribution in [-0.4, -0.2) is 12.5 Å². The molecule has 3 aromatic rings. The zero-order valence-corrected chi connectivity index (χ0v) is 14.9. The number of hydrogen-bond acceptors (Lipinski definition) is 6. The second-order valence-electron chi connectivity index (χ2n) is 5.61. The lowest BCUT2D eigenvalue weighted by Gasteiger charge is -2.09. The predicted molar refractivity (Wildman–Crippen MR) is 99.6 cm³/mol. The highest BCUT2D eigenvalue weighted by atomic mass is 32.1. The van der Waals surface area contributed by atoms with Crippen molar-refractivity contribution in [1.29, 1.82) is 5.26 Å². The van der Waals surface area contributed by atoms with E-state index in [1.54, 1.807) is 23.6 Å².